The molecule has 0 amide bonds. The summed E-state index contributed by atoms with van der Waals surface area (Å²) in [5.41, 5.74) is 1.16. The van der Waals surface area contributed by atoms with Gasteiger partial charge in [0.1, 0.15) is 10.8 Å². The fraction of sp³-hybridized carbons (Fsp3) is 0.750. The average Bonchev–Trinajstić information content (AvgIpc) is 2.98. The van der Waals surface area contributed by atoms with Crippen molar-refractivity contribution in [3.05, 3.63) is 15.6 Å². The van der Waals surface area contributed by atoms with Crippen molar-refractivity contribution in [1.82, 2.24) is 9.88 Å². The molecule has 0 aromatic carbocycles. The molecule has 110 valence electrons. The number of aryl methyl sites for hydroxylation is 2. The van der Waals surface area contributed by atoms with Gasteiger partial charge in [-0.05, 0) is 46.1 Å². The number of aromatic nitrogens is 1. The zero-order chi connectivity index (χ0) is 14.1. The van der Waals surface area contributed by atoms with E-state index in [1.54, 1.807) is 0 Å². The minimum atomic E-state index is 0.299. The van der Waals surface area contributed by atoms with E-state index in [-0.39, 0.29) is 0 Å². The van der Waals surface area contributed by atoms with Gasteiger partial charge in [-0.2, -0.15) is 0 Å². The molecule has 1 aromatic rings. The largest absolute Gasteiger partial charge is 0.299 e. The molecule has 1 aliphatic carbocycles. The van der Waals surface area contributed by atoms with Crippen LogP contribution in [0.25, 0.3) is 0 Å². The van der Waals surface area contributed by atoms with Crippen LogP contribution in [0.4, 0.5) is 0 Å². The van der Waals surface area contributed by atoms with Gasteiger partial charge in [0.2, 0.25) is 0 Å². The molecule has 2 aliphatic rings. The first-order chi connectivity index (χ1) is 9.65. The van der Waals surface area contributed by atoms with Crippen LogP contribution in [0.1, 0.15) is 54.1 Å². The molecule has 2 atom stereocenters. The van der Waals surface area contributed by atoms with Gasteiger partial charge in [0.05, 0.1) is 12.2 Å². The molecule has 2 unspecified atom stereocenters. The van der Waals surface area contributed by atoms with Crippen LogP contribution in [0, 0.1) is 19.8 Å². The predicted molar refractivity (Wildman–Crippen MR) is 82.0 cm³/mol. The van der Waals surface area contributed by atoms with Gasteiger partial charge in [-0.1, -0.05) is 6.42 Å². The summed E-state index contributed by atoms with van der Waals surface area (Å²) >= 11 is 1.81. The summed E-state index contributed by atoms with van der Waals surface area (Å²) < 4.78 is 0. The van der Waals surface area contributed by atoms with E-state index in [0.29, 0.717) is 17.7 Å². The molecule has 1 aliphatic heterocycles. The van der Waals surface area contributed by atoms with Crippen molar-refractivity contribution in [3.8, 4) is 0 Å². The molecule has 4 heteroatoms. The summed E-state index contributed by atoms with van der Waals surface area (Å²) in [4.78, 5) is 20.7. The van der Waals surface area contributed by atoms with Crippen molar-refractivity contribution >= 4 is 17.1 Å². The second-order valence-corrected chi connectivity index (χ2v) is 7.54. The number of hydrogen-bond acceptors (Lipinski definition) is 4. The Morgan fingerprint density at radius 2 is 2.10 bits per heavy atom. The molecule has 0 N–H and O–H groups in total. The third-order valence-electron chi connectivity index (χ3n) is 4.89. The second kappa shape index (κ2) is 5.94. The number of hydrogen-bond donors (Lipinski definition) is 0. The number of carbonyl (C=O) groups is 1. The molecule has 2 heterocycles. The SMILES string of the molecule is Cc1nc(CN2CCCC2C2CCCCC2=O)sc1C. The van der Waals surface area contributed by atoms with Crippen LogP contribution in [0.3, 0.4) is 0 Å². The molecule has 0 spiro atoms. The van der Waals surface area contributed by atoms with Crippen LogP contribution in [-0.2, 0) is 11.3 Å². The van der Waals surface area contributed by atoms with Crippen LogP contribution in [0.5, 0.6) is 0 Å². The number of Topliss-reactive ketones (excluding diaryl/α,β-unsaturated/α-hetero) is 1. The Bertz CT molecular complexity index is 477. The van der Waals surface area contributed by atoms with Gasteiger partial charge < -0.3 is 0 Å². The fourth-order valence-electron chi connectivity index (χ4n) is 3.70. The molecule has 1 saturated heterocycles. The van der Waals surface area contributed by atoms with Crippen LogP contribution >= 0.6 is 11.3 Å². The van der Waals surface area contributed by atoms with Crippen molar-refractivity contribution in [2.45, 2.75) is 65.0 Å². The number of carbonyl (C=O) groups excluding carboxylic acids is 1. The quantitative estimate of drug-likeness (QED) is 0.855. The third kappa shape index (κ3) is 2.82. The summed E-state index contributed by atoms with van der Waals surface area (Å²) in [5.74, 6) is 0.813. The number of likely N-dealkylation sites (tertiary alicyclic amines) is 1. The highest BCUT2D eigenvalue weighted by atomic mass is 32.1. The lowest BCUT2D eigenvalue weighted by Crippen LogP contribution is -2.40. The number of ketones is 1. The van der Waals surface area contributed by atoms with E-state index in [2.05, 4.69) is 23.7 Å². The smallest absolute Gasteiger partial charge is 0.137 e. The highest BCUT2D eigenvalue weighted by molar-refractivity contribution is 7.11. The van der Waals surface area contributed by atoms with Crippen molar-refractivity contribution in [1.29, 1.82) is 0 Å². The topological polar surface area (TPSA) is 33.2 Å². The van der Waals surface area contributed by atoms with Crippen molar-refractivity contribution in [2.75, 3.05) is 6.54 Å². The summed E-state index contributed by atoms with van der Waals surface area (Å²) in [6.45, 7) is 6.30. The van der Waals surface area contributed by atoms with Crippen LogP contribution in [0.2, 0.25) is 0 Å². The summed E-state index contributed by atoms with van der Waals surface area (Å²) in [6.07, 6.45) is 6.68. The molecule has 2 fully saturated rings. The molecule has 0 radical (unpaired) electrons. The number of thiazole rings is 1. The zero-order valence-corrected chi connectivity index (χ0v) is 13.3. The van der Waals surface area contributed by atoms with Gasteiger partial charge in [0, 0.05) is 23.3 Å². The highest BCUT2D eigenvalue weighted by Crippen LogP contribution is 2.33. The minimum Gasteiger partial charge on any atom is -0.299 e. The van der Waals surface area contributed by atoms with Gasteiger partial charge in [-0.15, -0.1) is 11.3 Å². The molecule has 1 saturated carbocycles. The Hall–Kier alpha value is -0.740. The highest BCUT2D eigenvalue weighted by Gasteiger charge is 2.36. The van der Waals surface area contributed by atoms with E-state index >= 15 is 0 Å². The lowest BCUT2D eigenvalue weighted by Gasteiger charge is -2.32. The maximum Gasteiger partial charge on any atom is 0.137 e. The van der Waals surface area contributed by atoms with Crippen molar-refractivity contribution in [2.24, 2.45) is 5.92 Å². The van der Waals surface area contributed by atoms with Crippen LogP contribution in [0.15, 0.2) is 0 Å². The van der Waals surface area contributed by atoms with E-state index in [1.807, 2.05) is 11.3 Å². The molecule has 20 heavy (non-hydrogen) atoms. The van der Waals surface area contributed by atoms with Crippen LogP contribution in [-0.4, -0.2) is 28.3 Å². The Morgan fingerprint density at radius 3 is 2.80 bits per heavy atom. The summed E-state index contributed by atoms with van der Waals surface area (Å²) in [6, 6.07) is 0.479. The standard InChI is InChI=1S/C16H24N2OS/c1-11-12(2)20-16(17-11)10-18-9-5-7-14(18)13-6-3-4-8-15(13)19/h13-14H,3-10H2,1-2H3. The third-order valence-corrected chi connectivity index (χ3v) is 5.95. The normalized spacial score (nSPS) is 28.2. The van der Waals surface area contributed by atoms with E-state index in [4.69, 9.17) is 0 Å². The van der Waals surface area contributed by atoms with E-state index in [1.165, 1.54) is 29.1 Å². The fourth-order valence-corrected chi connectivity index (χ4v) is 4.66. The monoisotopic (exact) mass is 292 g/mol. The maximum absolute atomic E-state index is 12.2. The van der Waals surface area contributed by atoms with Crippen LogP contribution < -0.4 is 0 Å². The second-order valence-electron chi connectivity index (χ2n) is 6.25. The lowest BCUT2D eigenvalue weighted by molar-refractivity contribution is -0.126. The van der Waals surface area contributed by atoms with Gasteiger partial charge in [0.15, 0.2) is 0 Å². The summed E-state index contributed by atoms with van der Waals surface area (Å²) in [7, 11) is 0. The van der Waals surface area contributed by atoms with Crippen molar-refractivity contribution in [3.63, 3.8) is 0 Å². The Morgan fingerprint density at radius 1 is 1.25 bits per heavy atom. The lowest BCUT2D eigenvalue weighted by atomic mass is 9.82. The first kappa shape index (κ1) is 14.2. The minimum absolute atomic E-state index is 0.299. The first-order valence-corrected chi connectivity index (χ1v) is 8.66. The number of rotatable bonds is 3. The average molecular weight is 292 g/mol. The Balaban J connectivity index is 1.70. The van der Waals surface area contributed by atoms with Gasteiger partial charge in [0.25, 0.3) is 0 Å². The molecule has 3 rings (SSSR count). The number of nitrogens with zero attached hydrogens (tertiary/aromatic N) is 2. The Labute approximate surface area is 125 Å². The van der Waals surface area contributed by atoms with E-state index in [9.17, 15) is 4.79 Å². The molecule has 0 bridgehead atoms. The molecular formula is C16H24N2OS. The summed E-state index contributed by atoms with van der Waals surface area (Å²) in [5, 5.41) is 1.22. The molecule has 3 nitrogen and oxygen atoms in total. The first-order valence-electron chi connectivity index (χ1n) is 7.85. The van der Waals surface area contributed by atoms with E-state index in [0.717, 1.165) is 38.0 Å². The Kier molecular flexibility index (Phi) is 4.22. The van der Waals surface area contributed by atoms with Gasteiger partial charge in [-0.3, -0.25) is 9.69 Å². The maximum atomic E-state index is 12.2. The van der Waals surface area contributed by atoms with Gasteiger partial charge >= 0.3 is 0 Å². The predicted octanol–water partition coefficient (Wildman–Crippen LogP) is 3.48. The molecule has 1 aromatic heterocycles. The molecular weight excluding hydrogens is 268 g/mol. The van der Waals surface area contributed by atoms with Crippen molar-refractivity contribution < 1.29 is 4.79 Å². The van der Waals surface area contributed by atoms with E-state index < -0.39 is 0 Å². The zero-order valence-electron chi connectivity index (χ0n) is 12.5. The van der Waals surface area contributed by atoms with Gasteiger partial charge in [-0.25, -0.2) is 4.98 Å².